The summed E-state index contributed by atoms with van der Waals surface area (Å²) in [5.41, 5.74) is 2.94. The highest BCUT2D eigenvalue weighted by Crippen LogP contribution is 2.35. The number of thioether (sulfide) groups is 1. The molecular formula is C29H43N5O3S2. The average molecular weight is 574 g/mol. The van der Waals surface area contributed by atoms with Crippen LogP contribution in [0.3, 0.4) is 0 Å². The Morgan fingerprint density at radius 1 is 1.13 bits per heavy atom. The summed E-state index contributed by atoms with van der Waals surface area (Å²) in [5.74, 6) is 1.12. The van der Waals surface area contributed by atoms with E-state index in [-0.39, 0.29) is 4.91 Å². The van der Waals surface area contributed by atoms with Crippen molar-refractivity contribution in [2.75, 3.05) is 12.8 Å². The Kier molecular flexibility index (Phi) is 14.3. The Morgan fingerprint density at radius 3 is 2.44 bits per heavy atom. The molecule has 0 bridgehead atoms. The Balaban J connectivity index is 2.19. The zero-order valence-corrected chi connectivity index (χ0v) is 25.4. The monoisotopic (exact) mass is 573 g/mol. The zero-order chi connectivity index (χ0) is 28.7. The van der Waals surface area contributed by atoms with Crippen LogP contribution in [0.4, 0.5) is 4.79 Å². The molecule has 2 rings (SSSR count). The van der Waals surface area contributed by atoms with E-state index in [0.717, 1.165) is 28.4 Å². The maximum Gasteiger partial charge on any atom is 0.319 e. The summed E-state index contributed by atoms with van der Waals surface area (Å²) in [6, 6.07) is 3.18. The first-order valence-corrected chi connectivity index (χ1v) is 16.0. The second-order valence-electron chi connectivity index (χ2n) is 9.33. The van der Waals surface area contributed by atoms with Crippen LogP contribution in [-0.4, -0.2) is 37.9 Å². The highest BCUT2D eigenvalue weighted by atomic mass is 32.2. The number of sulfonamides is 1. The summed E-state index contributed by atoms with van der Waals surface area (Å²) in [4.78, 5) is 22.1. The molecule has 2 amide bonds. The summed E-state index contributed by atoms with van der Waals surface area (Å²) in [5, 5.41) is 5.52. The van der Waals surface area contributed by atoms with Gasteiger partial charge in [-0.05, 0) is 57.0 Å². The number of rotatable bonds is 15. The van der Waals surface area contributed by atoms with Crippen molar-refractivity contribution in [1.29, 1.82) is 0 Å². The number of carbonyl (C=O) groups is 1. The zero-order valence-electron chi connectivity index (χ0n) is 23.8. The molecule has 214 valence electrons. The smallest absolute Gasteiger partial charge is 0.319 e. The average Bonchev–Trinajstić information content (AvgIpc) is 2.96. The van der Waals surface area contributed by atoms with Crippen molar-refractivity contribution in [3.8, 4) is 0 Å². The quantitative estimate of drug-likeness (QED) is 0.171. The van der Waals surface area contributed by atoms with Crippen LogP contribution in [0.25, 0.3) is 0 Å². The number of aromatic nitrogens is 1. The third-order valence-corrected chi connectivity index (χ3v) is 9.00. The first-order valence-electron chi connectivity index (χ1n) is 13.6. The molecule has 0 spiro atoms. The number of unbranched alkanes of at least 4 members (excludes halogenated alkanes) is 4. The molecule has 0 fully saturated rings. The first kappa shape index (κ1) is 32.5. The molecule has 1 aliphatic heterocycles. The lowest BCUT2D eigenvalue weighted by Gasteiger charge is -2.21. The predicted octanol–water partition coefficient (Wildman–Crippen LogP) is 6.19. The normalized spacial score (nSPS) is 15.9. The largest absolute Gasteiger partial charge is 0.334 e. The van der Waals surface area contributed by atoms with Gasteiger partial charge in [0.15, 0.2) is 0 Å². The number of nitrogens with zero attached hydrogens (tertiary/aromatic N) is 2. The van der Waals surface area contributed by atoms with Crippen molar-refractivity contribution < 1.29 is 13.2 Å². The molecular weight excluding hydrogens is 530 g/mol. The van der Waals surface area contributed by atoms with E-state index in [2.05, 4.69) is 34.2 Å². The lowest BCUT2D eigenvalue weighted by molar-refractivity contribution is 0.243. The number of allylic oxidation sites excluding steroid dienone is 5. The molecule has 39 heavy (non-hydrogen) atoms. The molecule has 0 saturated carbocycles. The van der Waals surface area contributed by atoms with Crippen molar-refractivity contribution >= 4 is 33.5 Å². The van der Waals surface area contributed by atoms with Gasteiger partial charge in [0.1, 0.15) is 0 Å². The second kappa shape index (κ2) is 17.1. The van der Waals surface area contributed by atoms with E-state index in [1.807, 2.05) is 12.1 Å². The standard InChI is InChI=1S/C29H43N5O3S2/c1-6-9-10-11-12-13-22(4)26-21-38-27(20-32-26)25(8-3)28(39(36,37)30-5)18-24(7-2)34-29(35)33-19-23-14-16-31-17-15-23/h7-8,14-18,20,22,30H,6,9-13,19,21H2,1-5H3,(H2,33,34,35)/b24-7+,25-8-,28-18+/t22-/m0/s1. The molecule has 0 saturated heterocycles. The number of carbonyl (C=O) groups excluding carboxylic acids is 1. The Bertz CT molecular complexity index is 1200. The van der Waals surface area contributed by atoms with Gasteiger partial charge < -0.3 is 10.6 Å². The molecule has 1 atom stereocenters. The molecule has 0 aromatic carbocycles. The van der Waals surface area contributed by atoms with E-state index in [0.29, 0.717) is 23.7 Å². The predicted molar refractivity (Wildman–Crippen MR) is 164 cm³/mol. The van der Waals surface area contributed by atoms with Crippen LogP contribution in [0.2, 0.25) is 0 Å². The number of hydrogen-bond acceptors (Lipinski definition) is 6. The Morgan fingerprint density at radius 2 is 1.85 bits per heavy atom. The fraction of sp³-hybridized carbons (Fsp3) is 0.483. The minimum Gasteiger partial charge on any atom is -0.334 e. The molecule has 0 aliphatic carbocycles. The van der Waals surface area contributed by atoms with Crippen molar-refractivity contribution in [2.24, 2.45) is 10.9 Å². The third kappa shape index (κ3) is 10.8. The van der Waals surface area contributed by atoms with Crippen LogP contribution in [0, 0.1) is 5.92 Å². The molecule has 1 aliphatic rings. The molecule has 10 heteroatoms. The van der Waals surface area contributed by atoms with Crippen LogP contribution in [0.1, 0.15) is 71.8 Å². The van der Waals surface area contributed by atoms with Crippen molar-refractivity contribution in [3.63, 3.8) is 0 Å². The molecule has 8 nitrogen and oxygen atoms in total. The van der Waals surface area contributed by atoms with Gasteiger partial charge in [0, 0.05) is 52.8 Å². The minimum absolute atomic E-state index is 0.0661. The molecule has 0 radical (unpaired) electrons. The van der Waals surface area contributed by atoms with E-state index in [9.17, 15) is 13.2 Å². The number of urea groups is 1. The van der Waals surface area contributed by atoms with Gasteiger partial charge in [-0.15, -0.1) is 11.8 Å². The van der Waals surface area contributed by atoms with Crippen LogP contribution in [0.15, 0.2) is 75.0 Å². The van der Waals surface area contributed by atoms with Crippen molar-refractivity contribution in [3.05, 3.63) is 75.6 Å². The maximum absolute atomic E-state index is 13.1. The highest BCUT2D eigenvalue weighted by molar-refractivity contribution is 8.04. The molecule has 2 heterocycles. The van der Waals surface area contributed by atoms with Gasteiger partial charge in [-0.1, -0.05) is 58.1 Å². The number of pyridine rings is 1. The lowest BCUT2D eigenvalue weighted by Crippen LogP contribution is -2.34. The molecule has 3 N–H and O–H groups in total. The van der Waals surface area contributed by atoms with E-state index in [4.69, 9.17) is 4.99 Å². The third-order valence-electron chi connectivity index (χ3n) is 6.47. The molecule has 1 aromatic rings. The van der Waals surface area contributed by atoms with Gasteiger partial charge in [-0.2, -0.15) is 0 Å². The van der Waals surface area contributed by atoms with Crippen LogP contribution in [-0.2, 0) is 16.6 Å². The van der Waals surface area contributed by atoms with Gasteiger partial charge in [0.2, 0.25) is 10.0 Å². The van der Waals surface area contributed by atoms with Gasteiger partial charge in [0.05, 0.1) is 4.91 Å². The van der Waals surface area contributed by atoms with Gasteiger partial charge in [0.25, 0.3) is 0 Å². The maximum atomic E-state index is 13.1. The van der Waals surface area contributed by atoms with E-state index in [1.54, 1.807) is 56.4 Å². The summed E-state index contributed by atoms with van der Waals surface area (Å²) in [6.07, 6.45) is 17.4. The topological polar surface area (TPSA) is 113 Å². The Hall–Kier alpha value is -2.69. The van der Waals surface area contributed by atoms with Crippen molar-refractivity contribution in [2.45, 2.75) is 72.8 Å². The van der Waals surface area contributed by atoms with Crippen LogP contribution >= 0.6 is 11.8 Å². The number of aliphatic imine (C=N–C) groups is 1. The highest BCUT2D eigenvalue weighted by Gasteiger charge is 2.25. The van der Waals surface area contributed by atoms with E-state index in [1.165, 1.54) is 45.2 Å². The van der Waals surface area contributed by atoms with Gasteiger partial charge in [-0.3, -0.25) is 9.98 Å². The fourth-order valence-corrected chi connectivity index (χ4v) is 6.27. The van der Waals surface area contributed by atoms with Crippen molar-refractivity contribution in [1.82, 2.24) is 20.3 Å². The fourth-order valence-electron chi connectivity index (χ4n) is 4.01. The number of amides is 2. The number of hydrogen-bond donors (Lipinski definition) is 3. The minimum atomic E-state index is -3.85. The van der Waals surface area contributed by atoms with Gasteiger partial charge >= 0.3 is 6.03 Å². The van der Waals surface area contributed by atoms with E-state index >= 15 is 0 Å². The Labute approximate surface area is 238 Å². The summed E-state index contributed by atoms with van der Waals surface area (Å²) in [6.45, 7) is 8.30. The first-order chi connectivity index (χ1) is 18.7. The SMILES string of the molecule is C\C=C(C1=CN=C([C@@H](C)CCCCCCC)CS1)/C(=C\C(=C/C)NC(=O)NCc1ccncc1)S(=O)(=O)NC. The van der Waals surface area contributed by atoms with Gasteiger partial charge in [-0.25, -0.2) is 17.9 Å². The van der Waals surface area contributed by atoms with Crippen LogP contribution < -0.4 is 15.4 Å². The second-order valence-corrected chi connectivity index (χ2v) is 12.2. The van der Waals surface area contributed by atoms with E-state index < -0.39 is 16.1 Å². The number of nitrogens with one attached hydrogen (secondary N) is 3. The molecule has 1 aromatic heterocycles. The van der Waals surface area contributed by atoms with Crippen LogP contribution in [0.5, 0.6) is 0 Å². The summed E-state index contributed by atoms with van der Waals surface area (Å²) >= 11 is 1.59. The molecule has 0 unspecified atom stereocenters. The summed E-state index contributed by atoms with van der Waals surface area (Å²) < 4.78 is 28.6. The lowest BCUT2D eigenvalue weighted by atomic mass is 9.98. The summed E-state index contributed by atoms with van der Waals surface area (Å²) in [7, 11) is -2.47.